The maximum absolute atomic E-state index is 13.3. The number of ether oxygens (including phenoxy) is 1. The van der Waals surface area contributed by atoms with Crippen LogP contribution in [0.15, 0.2) is 48.5 Å². The fraction of sp³-hybridized carbons (Fsp3) is 0.333. The van der Waals surface area contributed by atoms with Crippen molar-refractivity contribution in [2.75, 3.05) is 33.3 Å². The number of piperazine rings is 1. The molecule has 116 valence electrons. The Morgan fingerprint density at radius 2 is 1.77 bits per heavy atom. The second kappa shape index (κ2) is 6.90. The summed E-state index contributed by atoms with van der Waals surface area (Å²) < 4.78 is 18.6. The van der Waals surface area contributed by atoms with Gasteiger partial charge in [0.05, 0.1) is 13.2 Å². The van der Waals surface area contributed by atoms with Gasteiger partial charge in [0.1, 0.15) is 11.6 Å². The molecule has 3 rings (SSSR count). The largest absolute Gasteiger partial charge is 0.497 e. The fourth-order valence-corrected chi connectivity index (χ4v) is 3.01. The van der Waals surface area contributed by atoms with Crippen molar-refractivity contribution in [2.24, 2.45) is 0 Å². The van der Waals surface area contributed by atoms with Crippen molar-refractivity contribution in [3.05, 3.63) is 65.5 Å². The fourth-order valence-electron chi connectivity index (χ4n) is 3.01. The Labute approximate surface area is 130 Å². The van der Waals surface area contributed by atoms with E-state index in [4.69, 9.17) is 4.74 Å². The zero-order valence-corrected chi connectivity index (χ0v) is 12.8. The number of nitrogens with one attached hydrogen (secondary N) is 1. The highest BCUT2D eigenvalue weighted by atomic mass is 19.1. The molecule has 1 saturated heterocycles. The molecule has 3 nitrogen and oxygen atoms in total. The summed E-state index contributed by atoms with van der Waals surface area (Å²) in [5, 5.41) is 3.38. The predicted octanol–water partition coefficient (Wildman–Crippen LogP) is 2.83. The van der Waals surface area contributed by atoms with E-state index in [9.17, 15) is 4.39 Å². The van der Waals surface area contributed by atoms with E-state index in [1.807, 2.05) is 24.3 Å². The van der Waals surface area contributed by atoms with Gasteiger partial charge in [0.15, 0.2) is 0 Å². The van der Waals surface area contributed by atoms with Crippen LogP contribution >= 0.6 is 0 Å². The maximum Gasteiger partial charge on any atom is 0.123 e. The minimum Gasteiger partial charge on any atom is -0.497 e. The Morgan fingerprint density at radius 1 is 1.05 bits per heavy atom. The Balaban J connectivity index is 1.99. The quantitative estimate of drug-likeness (QED) is 0.939. The second-order valence-corrected chi connectivity index (χ2v) is 5.52. The first kappa shape index (κ1) is 15.0. The molecule has 2 aromatic rings. The van der Waals surface area contributed by atoms with Crippen LogP contribution < -0.4 is 10.1 Å². The predicted molar refractivity (Wildman–Crippen MR) is 85.7 cm³/mol. The lowest BCUT2D eigenvalue weighted by Crippen LogP contribution is -2.45. The van der Waals surface area contributed by atoms with Gasteiger partial charge in [-0.1, -0.05) is 24.3 Å². The average molecular weight is 300 g/mol. The van der Waals surface area contributed by atoms with Crippen LogP contribution in [0.3, 0.4) is 0 Å². The van der Waals surface area contributed by atoms with Crippen LogP contribution in [0.1, 0.15) is 17.2 Å². The van der Waals surface area contributed by atoms with Gasteiger partial charge in [-0.2, -0.15) is 0 Å². The van der Waals surface area contributed by atoms with Crippen LogP contribution in [0.25, 0.3) is 0 Å². The zero-order chi connectivity index (χ0) is 15.4. The van der Waals surface area contributed by atoms with Crippen LogP contribution in [-0.4, -0.2) is 38.2 Å². The Bertz CT molecular complexity index is 609. The van der Waals surface area contributed by atoms with E-state index in [2.05, 4.69) is 22.3 Å². The van der Waals surface area contributed by atoms with Crippen LogP contribution in [0, 0.1) is 5.82 Å². The molecule has 0 bridgehead atoms. The van der Waals surface area contributed by atoms with Gasteiger partial charge >= 0.3 is 0 Å². The van der Waals surface area contributed by atoms with Crippen molar-refractivity contribution in [3.63, 3.8) is 0 Å². The lowest BCUT2D eigenvalue weighted by molar-refractivity contribution is 0.198. The summed E-state index contributed by atoms with van der Waals surface area (Å²) in [6, 6.07) is 15.1. The van der Waals surface area contributed by atoms with Crippen molar-refractivity contribution in [1.82, 2.24) is 10.2 Å². The normalized spacial score (nSPS) is 17.2. The van der Waals surface area contributed by atoms with E-state index in [0.29, 0.717) is 0 Å². The molecule has 0 spiro atoms. The molecule has 1 aliphatic rings. The molecule has 2 aromatic carbocycles. The number of hydrogen-bond acceptors (Lipinski definition) is 3. The van der Waals surface area contributed by atoms with Crippen molar-refractivity contribution in [1.29, 1.82) is 0 Å². The lowest BCUT2D eigenvalue weighted by Gasteiger charge is -2.35. The Hall–Kier alpha value is -1.91. The number of rotatable bonds is 4. The number of methoxy groups -OCH3 is 1. The molecule has 4 heteroatoms. The zero-order valence-electron chi connectivity index (χ0n) is 12.8. The van der Waals surface area contributed by atoms with Gasteiger partial charge in [0, 0.05) is 26.2 Å². The van der Waals surface area contributed by atoms with Crippen LogP contribution in [0.4, 0.5) is 4.39 Å². The Morgan fingerprint density at radius 3 is 2.45 bits per heavy atom. The van der Waals surface area contributed by atoms with Crippen LogP contribution in [-0.2, 0) is 0 Å². The summed E-state index contributed by atoms with van der Waals surface area (Å²) in [6.45, 7) is 3.89. The maximum atomic E-state index is 13.3. The minimum atomic E-state index is -0.201. The summed E-state index contributed by atoms with van der Waals surface area (Å²) in [6.07, 6.45) is 0. The molecule has 1 fully saturated rings. The van der Waals surface area contributed by atoms with Gasteiger partial charge in [-0.3, -0.25) is 4.90 Å². The number of nitrogens with zero attached hydrogens (tertiary/aromatic N) is 1. The molecular weight excluding hydrogens is 279 g/mol. The summed E-state index contributed by atoms with van der Waals surface area (Å²) >= 11 is 0. The molecule has 1 unspecified atom stereocenters. The van der Waals surface area contributed by atoms with E-state index in [1.165, 1.54) is 17.7 Å². The van der Waals surface area contributed by atoms with Crippen LogP contribution in [0.2, 0.25) is 0 Å². The SMILES string of the molecule is COc1cccc(C(c2ccc(F)cc2)N2CCNCC2)c1. The number of hydrogen-bond donors (Lipinski definition) is 1. The van der Waals surface area contributed by atoms with Crippen molar-refractivity contribution in [2.45, 2.75) is 6.04 Å². The molecule has 22 heavy (non-hydrogen) atoms. The molecule has 0 saturated carbocycles. The van der Waals surface area contributed by atoms with Gasteiger partial charge in [-0.25, -0.2) is 4.39 Å². The first-order chi connectivity index (χ1) is 10.8. The van der Waals surface area contributed by atoms with E-state index in [1.54, 1.807) is 7.11 Å². The molecule has 0 amide bonds. The highest BCUT2D eigenvalue weighted by Crippen LogP contribution is 2.31. The topological polar surface area (TPSA) is 24.5 Å². The number of benzene rings is 2. The van der Waals surface area contributed by atoms with Crippen LogP contribution in [0.5, 0.6) is 5.75 Å². The molecule has 0 aromatic heterocycles. The standard InChI is InChI=1S/C18H21FN2O/c1-22-17-4-2-3-15(13-17)18(21-11-9-20-10-12-21)14-5-7-16(19)8-6-14/h2-8,13,18,20H,9-12H2,1H3. The van der Waals surface area contributed by atoms with E-state index in [0.717, 1.165) is 37.5 Å². The van der Waals surface area contributed by atoms with Crippen molar-refractivity contribution < 1.29 is 9.13 Å². The van der Waals surface area contributed by atoms with E-state index >= 15 is 0 Å². The third-order valence-electron chi connectivity index (χ3n) is 4.11. The highest BCUT2D eigenvalue weighted by Gasteiger charge is 2.24. The third kappa shape index (κ3) is 3.29. The molecule has 1 heterocycles. The summed E-state index contributed by atoms with van der Waals surface area (Å²) in [5.41, 5.74) is 2.28. The monoisotopic (exact) mass is 300 g/mol. The van der Waals surface area contributed by atoms with E-state index < -0.39 is 0 Å². The van der Waals surface area contributed by atoms with Crippen molar-refractivity contribution in [3.8, 4) is 5.75 Å². The molecular formula is C18H21FN2O. The second-order valence-electron chi connectivity index (χ2n) is 5.52. The summed E-state index contributed by atoms with van der Waals surface area (Å²) in [7, 11) is 1.68. The minimum absolute atomic E-state index is 0.123. The van der Waals surface area contributed by atoms with Gasteiger partial charge in [-0.05, 0) is 35.4 Å². The molecule has 1 N–H and O–H groups in total. The molecule has 1 aliphatic heterocycles. The molecule has 0 aliphatic carbocycles. The molecule has 1 atom stereocenters. The smallest absolute Gasteiger partial charge is 0.123 e. The average Bonchev–Trinajstić information content (AvgIpc) is 2.58. The van der Waals surface area contributed by atoms with Crippen molar-refractivity contribution >= 4 is 0 Å². The van der Waals surface area contributed by atoms with Gasteiger partial charge in [0.2, 0.25) is 0 Å². The summed E-state index contributed by atoms with van der Waals surface area (Å²) in [4.78, 5) is 2.43. The van der Waals surface area contributed by atoms with Gasteiger partial charge in [0.25, 0.3) is 0 Å². The third-order valence-corrected chi connectivity index (χ3v) is 4.11. The van der Waals surface area contributed by atoms with Gasteiger partial charge < -0.3 is 10.1 Å². The van der Waals surface area contributed by atoms with E-state index in [-0.39, 0.29) is 11.9 Å². The Kier molecular flexibility index (Phi) is 4.71. The highest BCUT2D eigenvalue weighted by molar-refractivity contribution is 5.37. The number of halogens is 1. The van der Waals surface area contributed by atoms with Gasteiger partial charge in [-0.15, -0.1) is 0 Å². The lowest BCUT2D eigenvalue weighted by atomic mass is 9.96. The first-order valence-electron chi connectivity index (χ1n) is 7.62. The first-order valence-corrected chi connectivity index (χ1v) is 7.62. The molecule has 0 radical (unpaired) electrons. The summed E-state index contributed by atoms with van der Waals surface area (Å²) in [5.74, 6) is 0.646.